The zero-order valence-corrected chi connectivity index (χ0v) is 22.3. The number of halogens is 2. The number of oxazole rings is 1. The van der Waals surface area contributed by atoms with Crippen molar-refractivity contribution in [3.8, 4) is 17.2 Å². The number of ether oxygens (including phenoxy) is 1. The van der Waals surface area contributed by atoms with Crippen LogP contribution in [-0.2, 0) is 0 Å². The Morgan fingerprint density at radius 2 is 1.86 bits per heavy atom. The van der Waals surface area contributed by atoms with E-state index < -0.39 is 0 Å². The van der Waals surface area contributed by atoms with Crippen molar-refractivity contribution in [2.24, 2.45) is 0 Å². The zero-order valence-electron chi connectivity index (χ0n) is 19.2. The number of thiocarbonyl (C=S) groups is 1. The molecule has 4 aromatic carbocycles. The molecule has 9 heteroatoms. The lowest BCUT2D eigenvalue weighted by Crippen LogP contribution is -2.34. The van der Waals surface area contributed by atoms with Gasteiger partial charge in [-0.25, -0.2) is 4.98 Å². The number of nitrogens with one attached hydrogen (secondary N) is 2. The molecule has 0 aliphatic carbocycles. The molecule has 5 rings (SSSR count). The molecule has 0 fully saturated rings. The van der Waals surface area contributed by atoms with Gasteiger partial charge in [0.1, 0.15) is 11.3 Å². The average Bonchev–Trinajstić information content (AvgIpc) is 3.26. The normalized spacial score (nSPS) is 11.0. The van der Waals surface area contributed by atoms with Crippen molar-refractivity contribution >= 4 is 78.3 Å². The number of carbonyl (C=O) groups excluding carboxylic acids is 1. The van der Waals surface area contributed by atoms with Crippen LogP contribution < -0.4 is 15.4 Å². The van der Waals surface area contributed by atoms with Crippen molar-refractivity contribution in [1.29, 1.82) is 0 Å². The molecule has 1 heterocycles. The van der Waals surface area contributed by atoms with Crippen LogP contribution in [0.4, 0.5) is 5.69 Å². The first-order valence-corrected chi connectivity index (χ1v) is 12.5. The molecular formula is C27H19BrClN3O3S. The maximum absolute atomic E-state index is 12.9. The summed E-state index contributed by atoms with van der Waals surface area (Å²) in [6.45, 7) is 1.87. The van der Waals surface area contributed by atoms with E-state index in [2.05, 4.69) is 31.5 Å². The number of fused-ring (bicyclic) bond motifs is 2. The van der Waals surface area contributed by atoms with Crippen molar-refractivity contribution in [3.63, 3.8) is 0 Å². The molecule has 0 aliphatic rings. The molecule has 0 saturated heterocycles. The molecule has 1 aromatic heterocycles. The molecule has 0 bridgehead atoms. The van der Waals surface area contributed by atoms with Gasteiger partial charge in [-0.3, -0.25) is 10.1 Å². The number of methoxy groups -OCH3 is 1. The lowest BCUT2D eigenvalue weighted by Gasteiger charge is -2.13. The first-order valence-electron chi connectivity index (χ1n) is 10.9. The Morgan fingerprint density at radius 3 is 2.67 bits per heavy atom. The van der Waals surface area contributed by atoms with E-state index in [0.29, 0.717) is 39.0 Å². The topological polar surface area (TPSA) is 76.4 Å². The van der Waals surface area contributed by atoms with E-state index in [1.165, 1.54) is 7.11 Å². The molecule has 0 radical (unpaired) electrons. The molecule has 0 saturated carbocycles. The number of nitrogens with zero attached hydrogens (tertiary/aromatic N) is 1. The molecule has 0 unspecified atom stereocenters. The minimum Gasteiger partial charge on any atom is -0.496 e. The maximum Gasteiger partial charge on any atom is 0.261 e. The summed E-state index contributed by atoms with van der Waals surface area (Å²) in [7, 11) is 1.53. The van der Waals surface area contributed by atoms with Gasteiger partial charge >= 0.3 is 0 Å². The predicted molar refractivity (Wildman–Crippen MR) is 151 cm³/mol. The first-order chi connectivity index (χ1) is 17.3. The highest BCUT2D eigenvalue weighted by molar-refractivity contribution is 9.10. The monoisotopic (exact) mass is 579 g/mol. The fourth-order valence-corrected chi connectivity index (χ4v) is 5.10. The standard InChI is InChI=1S/C27H19BrClN3O3S/c1-14-11-15(28)12-20(24(14)34-2)25(33)32-27(36)30-16-9-10-23-22(13-16)31-26(35-23)19-7-3-6-18-17(19)5-4-8-21(18)29/h3-13H,1-2H3,(H2,30,32,33,36). The van der Waals surface area contributed by atoms with Gasteiger partial charge in [0, 0.05) is 26.1 Å². The summed E-state index contributed by atoms with van der Waals surface area (Å²) in [6, 6.07) is 20.6. The van der Waals surface area contributed by atoms with Crippen LogP contribution in [0.5, 0.6) is 5.75 Å². The largest absolute Gasteiger partial charge is 0.496 e. The Balaban J connectivity index is 1.38. The number of hydrogen-bond acceptors (Lipinski definition) is 5. The number of hydrogen-bond donors (Lipinski definition) is 2. The average molecular weight is 581 g/mol. The lowest BCUT2D eigenvalue weighted by atomic mass is 10.0. The van der Waals surface area contributed by atoms with Gasteiger partial charge in [-0.15, -0.1) is 0 Å². The fraction of sp³-hybridized carbons (Fsp3) is 0.0741. The Labute approximate surface area is 225 Å². The van der Waals surface area contributed by atoms with E-state index in [1.807, 2.05) is 55.5 Å². The van der Waals surface area contributed by atoms with Crippen LogP contribution in [0.25, 0.3) is 33.3 Å². The van der Waals surface area contributed by atoms with E-state index in [4.69, 9.17) is 33.0 Å². The number of carbonyl (C=O) groups is 1. The lowest BCUT2D eigenvalue weighted by molar-refractivity contribution is 0.0974. The second kappa shape index (κ2) is 9.89. The summed E-state index contributed by atoms with van der Waals surface area (Å²) >= 11 is 15.2. The van der Waals surface area contributed by atoms with Crippen LogP contribution >= 0.6 is 39.7 Å². The van der Waals surface area contributed by atoms with Crippen LogP contribution in [0.15, 0.2) is 75.6 Å². The second-order valence-electron chi connectivity index (χ2n) is 8.05. The Kier molecular flexibility index (Phi) is 6.66. The number of aromatic nitrogens is 1. The summed E-state index contributed by atoms with van der Waals surface area (Å²) in [5.41, 5.74) is 3.98. The summed E-state index contributed by atoms with van der Waals surface area (Å²) in [4.78, 5) is 17.5. The highest BCUT2D eigenvalue weighted by Gasteiger charge is 2.17. The molecule has 6 nitrogen and oxygen atoms in total. The van der Waals surface area contributed by atoms with E-state index in [1.54, 1.807) is 18.2 Å². The third kappa shape index (κ3) is 4.67. The minimum atomic E-state index is -0.381. The van der Waals surface area contributed by atoms with E-state index in [9.17, 15) is 4.79 Å². The van der Waals surface area contributed by atoms with Crippen molar-refractivity contribution in [2.75, 3.05) is 12.4 Å². The summed E-state index contributed by atoms with van der Waals surface area (Å²) in [5.74, 6) is 0.598. The number of benzene rings is 4. The third-order valence-corrected chi connectivity index (χ3v) is 6.65. The van der Waals surface area contributed by atoms with Crippen LogP contribution in [0, 0.1) is 6.92 Å². The number of rotatable bonds is 4. The summed E-state index contributed by atoms with van der Waals surface area (Å²) in [6.07, 6.45) is 0. The van der Waals surface area contributed by atoms with Crippen LogP contribution in [0.2, 0.25) is 5.02 Å². The van der Waals surface area contributed by atoms with Gasteiger partial charge in [0.05, 0.1) is 12.7 Å². The van der Waals surface area contributed by atoms with E-state index >= 15 is 0 Å². The van der Waals surface area contributed by atoms with Crippen molar-refractivity contribution in [1.82, 2.24) is 10.3 Å². The van der Waals surface area contributed by atoms with Gasteiger partial charge in [0.2, 0.25) is 5.89 Å². The van der Waals surface area contributed by atoms with Gasteiger partial charge in [-0.05, 0) is 72.6 Å². The molecule has 1 amide bonds. The third-order valence-electron chi connectivity index (χ3n) is 5.66. The van der Waals surface area contributed by atoms with Gasteiger partial charge in [-0.2, -0.15) is 0 Å². The molecule has 0 atom stereocenters. The Morgan fingerprint density at radius 1 is 1.08 bits per heavy atom. The van der Waals surface area contributed by atoms with Crippen molar-refractivity contribution in [2.45, 2.75) is 6.92 Å². The van der Waals surface area contributed by atoms with Crippen molar-refractivity contribution < 1.29 is 13.9 Å². The minimum absolute atomic E-state index is 0.145. The molecule has 0 spiro atoms. The molecule has 36 heavy (non-hydrogen) atoms. The van der Waals surface area contributed by atoms with E-state index in [0.717, 1.165) is 26.4 Å². The van der Waals surface area contributed by atoms with Gasteiger partial charge in [0.15, 0.2) is 10.7 Å². The van der Waals surface area contributed by atoms with Crippen LogP contribution in [0.1, 0.15) is 15.9 Å². The molecule has 2 N–H and O–H groups in total. The molecular weight excluding hydrogens is 562 g/mol. The summed E-state index contributed by atoms with van der Waals surface area (Å²) in [5, 5.41) is 8.44. The zero-order chi connectivity index (χ0) is 25.4. The van der Waals surface area contributed by atoms with Crippen LogP contribution in [-0.4, -0.2) is 23.1 Å². The molecule has 180 valence electrons. The smallest absolute Gasteiger partial charge is 0.261 e. The first kappa shape index (κ1) is 24.2. The molecule has 5 aromatic rings. The number of anilines is 1. The second-order valence-corrected chi connectivity index (χ2v) is 9.78. The number of amides is 1. The predicted octanol–water partition coefficient (Wildman–Crippen LogP) is 7.51. The van der Waals surface area contributed by atoms with Gasteiger partial charge in [0.25, 0.3) is 5.91 Å². The van der Waals surface area contributed by atoms with Gasteiger partial charge < -0.3 is 14.5 Å². The highest BCUT2D eigenvalue weighted by atomic mass is 79.9. The molecule has 0 aliphatic heterocycles. The highest BCUT2D eigenvalue weighted by Crippen LogP contribution is 2.34. The Hall–Kier alpha value is -3.46. The van der Waals surface area contributed by atoms with Crippen molar-refractivity contribution in [3.05, 3.63) is 87.4 Å². The number of aryl methyl sites for hydroxylation is 1. The van der Waals surface area contributed by atoms with E-state index in [-0.39, 0.29) is 11.0 Å². The fourth-order valence-electron chi connectivity index (χ4n) is 4.08. The summed E-state index contributed by atoms with van der Waals surface area (Å²) < 4.78 is 12.2. The Bertz CT molecular complexity index is 1670. The van der Waals surface area contributed by atoms with Crippen LogP contribution in [0.3, 0.4) is 0 Å². The SMILES string of the molecule is COc1c(C)cc(Br)cc1C(=O)NC(=S)Nc1ccc2oc(-c3cccc4c(Cl)cccc34)nc2c1. The quantitative estimate of drug-likeness (QED) is 0.214. The maximum atomic E-state index is 12.9. The van der Waals surface area contributed by atoms with Gasteiger partial charge in [-0.1, -0.05) is 51.8 Å².